The zero-order chi connectivity index (χ0) is 24.8. The van der Waals surface area contributed by atoms with E-state index in [1.165, 1.54) is 4.90 Å². The Balaban J connectivity index is 1.58. The van der Waals surface area contributed by atoms with Crippen LogP contribution in [0.1, 0.15) is 12.0 Å². The smallest absolute Gasteiger partial charge is 0.257 e. The summed E-state index contributed by atoms with van der Waals surface area (Å²) < 4.78 is 10.8. The number of hydrogen-bond donors (Lipinski definition) is 1. The van der Waals surface area contributed by atoms with Crippen molar-refractivity contribution < 1.29 is 19.1 Å². The van der Waals surface area contributed by atoms with E-state index < -0.39 is 6.04 Å². The largest absolute Gasteiger partial charge is 0.493 e. The number of nitrogens with zero attached hydrogens (tertiary/aromatic N) is 2. The molecule has 2 amide bonds. The second-order valence-corrected chi connectivity index (χ2v) is 8.44. The molecule has 7 nitrogen and oxygen atoms in total. The molecule has 180 valence electrons. The number of carbonyl (C=O) groups excluding carboxylic acids is 2. The van der Waals surface area contributed by atoms with Crippen molar-refractivity contribution in [1.82, 2.24) is 4.90 Å². The summed E-state index contributed by atoms with van der Waals surface area (Å²) in [5, 5.41) is 3.60. The molecule has 3 aromatic rings. The van der Waals surface area contributed by atoms with Crippen LogP contribution in [0.2, 0.25) is 0 Å². The first-order valence-electron chi connectivity index (χ1n) is 11.3. The van der Waals surface area contributed by atoms with Gasteiger partial charge in [-0.15, -0.1) is 0 Å². The Morgan fingerprint density at radius 2 is 1.63 bits per heavy atom. The highest BCUT2D eigenvalue weighted by molar-refractivity contribution is 7.80. The Morgan fingerprint density at radius 3 is 2.29 bits per heavy atom. The first-order valence-corrected chi connectivity index (χ1v) is 11.7. The number of carbonyl (C=O) groups is 2. The fourth-order valence-electron chi connectivity index (χ4n) is 4.11. The molecule has 1 aliphatic heterocycles. The molecule has 0 spiro atoms. The molecule has 1 saturated heterocycles. The lowest BCUT2D eigenvalue weighted by molar-refractivity contribution is -0.122. The van der Waals surface area contributed by atoms with Crippen molar-refractivity contribution >= 4 is 40.5 Å². The average Bonchev–Trinajstić information content (AvgIpc) is 3.18. The molecule has 1 fully saturated rings. The second-order valence-electron chi connectivity index (χ2n) is 8.05. The topological polar surface area (TPSA) is 71.1 Å². The predicted molar refractivity (Wildman–Crippen MR) is 140 cm³/mol. The summed E-state index contributed by atoms with van der Waals surface area (Å²) in [6, 6.07) is 23.5. The van der Waals surface area contributed by atoms with Gasteiger partial charge in [0.25, 0.3) is 5.91 Å². The van der Waals surface area contributed by atoms with Crippen LogP contribution in [0.15, 0.2) is 78.9 Å². The number of rotatable bonds is 8. The summed E-state index contributed by atoms with van der Waals surface area (Å²) in [5.74, 6) is 0.740. The van der Waals surface area contributed by atoms with Crippen molar-refractivity contribution in [3.05, 3.63) is 84.4 Å². The third-order valence-corrected chi connectivity index (χ3v) is 6.23. The third-order valence-electron chi connectivity index (χ3n) is 5.89. The molecule has 35 heavy (non-hydrogen) atoms. The first kappa shape index (κ1) is 24.2. The van der Waals surface area contributed by atoms with Crippen molar-refractivity contribution in [2.45, 2.75) is 18.9 Å². The van der Waals surface area contributed by atoms with Crippen LogP contribution < -0.4 is 19.7 Å². The molecule has 0 saturated carbocycles. The molecule has 0 unspecified atom stereocenters. The molecule has 1 atom stereocenters. The maximum absolute atomic E-state index is 13.4. The van der Waals surface area contributed by atoms with Gasteiger partial charge in [-0.3, -0.25) is 9.59 Å². The molecule has 0 radical (unpaired) electrons. The quantitative estimate of drug-likeness (QED) is 0.374. The zero-order valence-corrected chi connectivity index (χ0v) is 20.5. The SMILES string of the molecule is COc1ccc(CCN(C(=S)Nc2ccccc2)[C@@H]2CC(=O)N(c3ccccc3)C2=O)cc1OC. The predicted octanol–water partition coefficient (Wildman–Crippen LogP) is 4.28. The van der Waals surface area contributed by atoms with E-state index >= 15 is 0 Å². The molecule has 0 aromatic heterocycles. The number of methoxy groups -OCH3 is 2. The maximum atomic E-state index is 13.4. The second kappa shape index (κ2) is 11.0. The maximum Gasteiger partial charge on any atom is 0.257 e. The first-order chi connectivity index (χ1) is 17.0. The van der Waals surface area contributed by atoms with E-state index in [1.54, 1.807) is 38.5 Å². The molecular weight excluding hydrogens is 462 g/mol. The molecule has 1 N–H and O–H groups in total. The van der Waals surface area contributed by atoms with Crippen molar-refractivity contribution in [3.8, 4) is 11.5 Å². The minimum Gasteiger partial charge on any atom is -0.493 e. The van der Waals surface area contributed by atoms with Crippen LogP contribution in [0, 0.1) is 0 Å². The number of para-hydroxylation sites is 2. The van der Waals surface area contributed by atoms with Crippen LogP contribution in [0.5, 0.6) is 11.5 Å². The third kappa shape index (κ3) is 5.44. The average molecular weight is 490 g/mol. The molecule has 1 heterocycles. The van der Waals surface area contributed by atoms with Crippen molar-refractivity contribution in [3.63, 3.8) is 0 Å². The van der Waals surface area contributed by atoms with Crippen LogP contribution in [0.25, 0.3) is 0 Å². The number of hydrogen-bond acceptors (Lipinski definition) is 5. The summed E-state index contributed by atoms with van der Waals surface area (Å²) in [5.41, 5.74) is 2.36. The van der Waals surface area contributed by atoms with Gasteiger partial charge in [0.2, 0.25) is 5.91 Å². The number of benzene rings is 3. The van der Waals surface area contributed by atoms with E-state index in [9.17, 15) is 9.59 Å². The lowest BCUT2D eigenvalue weighted by atomic mass is 10.1. The van der Waals surface area contributed by atoms with Crippen molar-refractivity contribution in [2.75, 3.05) is 31.0 Å². The van der Waals surface area contributed by atoms with Gasteiger partial charge in [-0.2, -0.15) is 0 Å². The molecule has 0 aliphatic carbocycles. The number of ether oxygens (including phenoxy) is 2. The normalized spacial score (nSPS) is 15.1. The Morgan fingerprint density at radius 1 is 0.971 bits per heavy atom. The van der Waals surface area contributed by atoms with Gasteiger partial charge in [0.1, 0.15) is 6.04 Å². The van der Waals surface area contributed by atoms with E-state index in [-0.39, 0.29) is 18.2 Å². The fraction of sp³-hybridized carbons (Fsp3) is 0.222. The standard InChI is InChI=1S/C27H27N3O4S/c1-33-23-14-13-19(17-24(23)34-2)15-16-29(27(35)28-20-9-5-3-6-10-20)22-18-25(31)30(26(22)32)21-11-7-4-8-12-21/h3-14,17,22H,15-16,18H2,1-2H3,(H,28,35)/t22-/m1/s1. The minimum atomic E-state index is -0.702. The zero-order valence-electron chi connectivity index (χ0n) is 19.6. The number of amides is 2. The van der Waals surface area contributed by atoms with Gasteiger partial charge < -0.3 is 19.7 Å². The van der Waals surface area contributed by atoms with Crippen LogP contribution in [0.4, 0.5) is 11.4 Å². The Hall–Kier alpha value is -3.91. The highest BCUT2D eigenvalue weighted by Gasteiger charge is 2.43. The van der Waals surface area contributed by atoms with Crippen LogP contribution >= 0.6 is 12.2 Å². The van der Waals surface area contributed by atoms with E-state index in [2.05, 4.69) is 5.32 Å². The lowest BCUT2D eigenvalue weighted by Gasteiger charge is -2.30. The van der Waals surface area contributed by atoms with Crippen LogP contribution in [0.3, 0.4) is 0 Å². The van der Waals surface area contributed by atoms with Gasteiger partial charge >= 0.3 is 0 Å². The van der Waals surface area contributed by atoms with Crippen molar-refractivity contribution in [1.29, 1.82) is 0 Å². The number of imide groups is 1. The highest BCUT2D eigenvalue weighted by atomic mass is 32.1. The monoisotopic (exact) mass is 489 g/mol. The van der Waals surface area contributed by atoms with Gasteiger partial charge in [-0.1, -0.05) is 42.5 Å². The summed E-state index contributed by atoms with van der Waals surface area (Å²) in [6.45, 7) is 0.431. The van der Waals surface area contributed by atoms with E-state index in [1.807, 2.05) is 59.5 Å². The molecule has 8 heteroatoms. The fourth-order valence-corrected chi connectivity index (χ4v) is 4.45. The highest BCUT2D eigenvalue weighted by Crippen LogP contribution is 2.29. The van der Waals surface area contributed by atoms with E-state index in [0.717, 1.165) is 11.3 Å². The van der Waals surface area contributed by atoms with Gasteiger partial charge in [0.05, 0.1) is 26.3 Å². The summed E-state index contributed by atoms with van der Waals surface area (Å²) in [6.07, 6.45) is 0.635. The lowest BCUT2D eigenvalue weighted by Crippen LogP contribution is -2.48. The molecule has 4 rings (SSSR count). The van der Waals surface area contributed by atoms with Crippen LogP contribution in [-0.4, -0.2) is 48.6 Å². The van der Waals surface area contributed by atoms with Gasteiger partial charge in [-0.05, 0) is 60.6 Å². The molecule has 3 aromatic carbocycles. The molecular formula is C27H27N3O4S. The molecule has 1 aliphatic rings. The number of nitrogens with one attached hydrogen (secondary N) is 1. The Labute approximate surface area is 210 Å². The van der Waals surface area contributed by atoms with E-state index in [4.69, 9.17) is 21.7 Å². The van der Waals surface area contributed by atoms with Crippen molar-refractivity contribution in [2.24, 2.45) is 0 Å². The number of thiocarbonyl (C=S) groups is 1. The number of anilines is 2. The van der Waals surface area contributed by atoms with E-state index in [0.29, 0.717) is 35.3 Å². The summed E-state index contributed by atoms with van der Waals surface area (Å²) in [4.78, 5) is 29.4. The van der Waals surface area contributed by atoms with Gasteiger partial charge in [0.15, 0.2) is 16.6 Å². The Kier molecular flexibility index (Phi) is 7.62. The summed E-state index contributed by atoms with van der Waals surface area (Å²) in [7, 11) is 3.18. The minimum absolute atomic E-state index is 0.0519. The van der Waals surface area contributed by atoms with Gasteiger partial charge in [0, 0.05) is 12.2 Å². The van der Waals surface area contributed by atoms with Crippen LogP contribution in [-0.2, 0) is 16.0 Å². The Bertz CT molecular complexity index is 1200. The molecule has 0 bridgehead atoms. The summed E-state index contributed by atoms with van der Waals surface area (Å²) >= 11 is 5.73. The van der Waals surface area contributed by atoms with Gasteiger partial charge in [-0.25, -0.2) is 4.90 Å².